The molecule has 1 aliphatic heterocycles. The number of hydrogen-bond acceptors (Lipinski definition) is 3. The molecule has 0 amide bonds. The Morgan fingerprint density at radius 2 is 2.00 bits per heavy atom. The number of aliphatic hydroxyl groups excluding tert-OH is 1. The van der Waals surface area contributed by atoms with Crippen LogP contribution in [0.4, 0.5) is 0 Å². The maximum Gasteiger partial charge on any atom is 0.0664 e. The van der Waals surface area contributed by atoms with Crippen LogP contribution in [0.1, 0.15) is 26.2 Å². The van der Waals surface area contributed by atoms with Crippen LogP contribution in [0.25, 0.3) is 0 Å². The summed E-state index contributed by atoms with van der Waals surface area (Å²) in [5.74, 6) is 0. The van der Waals surface area contributed by atoms with Gasteiger partial charge in [0.15, 0.2) is 0 Å². The van der Waals surface area contributed by atoms with E-state index in [4.69, 9.17) is 0 Å². The molecule has 14 heavy (non-hydrogen) atoms. The third-order valence-electron chi connectivity index (χ3n) is 3.28. The Labute approximate surface area is 87.7 Å². The summed E-state index contributed by atoms with van der Waals surface area (Å²) in [6.45, 7) is 5.24. The van der Waals surface area contributed by atoms with Gasteiger partial charge in [-0.2, -0.15) is 0 Å². The van der Waals surface area contributed by atoms with Gasteiger partial charge in [0.05, 0.1) is 6.10 Å². The van der Waals surface area contributed by atoms with Crippen LogP contribution in [0.5, 0.6) is 0 Å². The summed E-state index contributed by atoms with van der Waals surface area (Å²) in [6, 6.07) is 0.674. The van der Waals surface area contributed by atoms with Gasteiger partial charge in [0.25, 0.3) is 0 Å². The molecule has 0 radical (unpaired) electrons. The van der Waals surface area contributed by atoms with Crippen LogP contribution in [0, 0.1) is 0 Å². The molecule has 84 valence electrons. The van der Waals surface area contributed by atoms with Crippen LogP contribution in [0.2, 0.25) is 0 Å². The van der Waals surface area contributed by atoms with Crippen molar-refractivity contribution < 1.29 is 5.11 Å². The molecule has 0 bridgehead atoms. The van der Waals surface area contributed by atoms with E-state index in [1.165, 1.54) is 25.9 Å². The molecule has 1 unspecified atom stereocenters. The van der Waals surface area contributed by atoms with E-state index in [0.717, 1.165) is 13.0 Å². The lowest BCUT2D eigenvalue weighted by atomic mass is 10.0. The Morgan fingerprint density at radius 3 is 2.50 bits per heavy atom. The van der Waals surface area contributed by atoms with Gasteiger partial charge in [0.2, 0.25) is 0 Å². The summed E-state index contributed by atoms with van der Waals surface area (Å²) in [6.07, 6.45) is 3.18. The highest BCUT2D eigenvalue weighted by atomic mass is 16.3. The van der Waals surface area contributed by atoms with Crippen LogP contribution in [0.3, 0.4) is 0 Å². The predicted molar refractivity (Wildman–Crippen MR) is 59.4 cm³/mol. The molecule has 1 saturated heterocycles. The van der Waals surface area contributed by atoms with Crippen molar-refractivity contribution in [2.75, 3.05) is 33.7 Å². The van der Waals surface area contributed by atoms with Crippen molar-refractivity contribution in [1.82, 2.24) is 9.80 Å². The highest BCUT2D eigenvalue weighted by Gasteiger charge is 2.21. The highest BCUT2D eigenvalue weighted by molar-refractivity contribution is 4.77. The monoisotopic (exact) mass is 200 g/mol. The Hall–Kier alpha value is -0.120. The second-order valence-corrected chi connectivity index (χ2v) is 4.54. The number of likely N-dealkylation sites (N-methyl/N-ethyl adjacent to an activating group) is 1. The predicted octanol–water partition coefficient (Wildman–Crippen LogP) is 0.783. The second kappa shape index (κ2) is 5.69. The van der Waals surface area contributed by atoms with Crippen LogP contribution in [-0.2, 0) is 0 Å². The number of rotatable bonds is 4. The molecule has 0 aliphatic carbocycles. The first kappa shape index (κ1) is 12.0. The summed E-state index contributed by atoms with van der Waals surface area (Å²) in [5, 5.41) is 9.56. The van der Waals surface area contributed by atoms with E-state index in [2.05, 4.69) is 23.9 Å². The molecule has 0 saturated carbocycles. The lowest BCUT2D eigenvalue weighted by Crippen LogP contribution is -2.44. The lowest BCUT2D eigenvalue weighted by Gasteiger charge is -2.35. The highest BCUT2D eigenvalue weighted by Crippen LogP contribution is 2.14. The number of likely N-dealkylation sites (tertiary alicyclic amines) is 1. The van der Waals surface area contributed by atoms with E-state index >= 15 is 0 Å². The van der Waals surface area contributed by atoms with Crippen molar-refractivity contribution >= 4 is 0 Å². The Morgan fingerprint density at radius 1 is 1.43 bits per heavy atom. The topological polar surface area (TPSA) is 26.7 Å². The van der Waals surface area contributed by atoms with Crippen molar-refractivity contribution in [1.29, 1.82) is 0 Å². The third kappa shape index (κ3) is 3.56. The van der Waals surface area contributed by atoms with E-state index in [-0.39, 0.29) is 6.10 Å². The minimum absolute atomic E-state index is 0.153. The van der Waals surface area contributed by atoms with Gasteiger partial charge in [-0.15, -0.1) is 0 Å². The Kier molecular flexibility index (Phi) is 4.85. The molecule has 0 aromatic rings. The first-order chi connectivity index (χ1) is 6.63. The van der Waals surface area contributed by atoms with Gasteiger partial charge >= 0.3 is 0 Å². The van der Waals surface area contributed by atoms with Gasteiger partial charge in [-0.1, -0.05) is 6.92 Å². The van der Waals surface area contributed by atoms with Crippen LogP contribution >= 0.6 is 0 Å². The average molecular weight is 200 g/mol. The van der Waals surface area contributed by atoms with Crippen molar-refractivity contribution in [2.24, 2.45) is 0 Å². The largest absolute Gasteiger partial charge is 0.392 e. The summed E-state index contributed by atoms with van der Waals surface area (Å²) in [4.78, 5) is 4.70. The normalized spacial score (nSPS) is 22.9. The average Bonchev–Trinajstić information content (AvgIpc) is 2.18. The molecule has 1 rings (SSSR count). The zero-order valence-electron chi connectivity index (χ0n) is 9.74. The first-order valence-corrected chi connectivity index (χ1v) is 5.70. The molecule has 0 spiro atoms. The number of aliphatic hydroxyl groups is 1. The van der Waals surface area contributed by atoms with E-state index in [1.807, 2.05) is 6.92 Å². The fourth-order valence-corrected chi connectivity index (χ4v) is 2.05. The minimum Gasteiger partial charge on any atom is -0.392 e. The van der Waals surface area contributed by atoms with Crippen molar-refractivity contribution in [2.45, 2.75) is 38.3 Å². The van der Waals surface area contributed by atoms with Gasteiger partial charge in [0.1, 0.15) is 0 Å². The van der Waals surface area contributed by atoms with Crippen molar-refractivity contribution in [3.63, 3.8) is 0 Å². The zero-order valence-corrected chi connectivity index (χ0v) is 9.74. The van der Waals surface area contributed by atoms with Crippen molar-refractivity contribution in [3.8, 4) is 0 Å². The Balaban J connectivity index is 2.26. The maximum absolute atomic E-state index is 9.56. The number of nitrogens with zero attached hydrogens (tertiary/aromatic N) is 2. The molecule has 3 nitrogen and oxygen atoms in total. The van der Waals surface area contributed by atoms with E-state index in [1.54, 1.807) is 0 Å². The van der Waals surface area contributed by atoms with E-state index < -0.39 is 0 Å². The molecule has 1 heterocycles. The van der Waals surface area contributed by atoms with Gasteiger partial charge < -0.3 is 14.9 Å². The number of piperidine rings is 1. The summed E-state index contributed by atoms with van der Waals surface area (Å²) >= 11 is 0. The van der Waals surface area contributed by atoms with Gasteiger partial charge in [-0.3, -0.25) is 0 Å². The molecule has 0 aromatic carbocycles. The Bertz CT molecular complexity index is 155. The summed E-state index contributed by atoms with van der Waals surface area (Å²) in [7, 11) is 4.31. The van der Waals surface area contributed by atoms with E-state index in [0.29, 0.717) is 6.04 Å². The lowest BCUT2D eigenvalue weighted by molar-refractivity contribution is 0.0771. The van der Waals surface area contributed by atoms with Gasteiger partial charge in [0, 0.05) is 12.6 Å². The summed E-state index contributed by atoms with van der Waals surface area (Å²) < 4.78 is 0. The standard InChI is InChI=1S/C11H24N2O/c1-4-11(14)9-13(3)10-5-7-12(2)8-6-10/h10-11,14H,4-9H2,1-3H3. The molecule has 0 aromatic heterocycles. The molecule has 3 heteroatoms. The fourth-order valence-electron chi connectivity index (χ4n) is 2.05. The first-order valence-electron chi connectivity index (χ1n) is 5.70. The molecule has 1 atom stereocenters. The van der Waals surface area contributed by atoms with Crippen LogP contribution in [-0.4, -0.2) is 60.8 Å². The molecule has 1 N–H and O–H groups in total. The SMILES string of the molecule is CCC(O)CN(C)C1CCN(C)CC1. The van der Waals surface area contributed by atoms with Crippen molar-refractivity contribution in [3.05, 3.63) is 0 Å². The fraction of sp³-hybridized carbons (Fsp3) is 1.00. The molecule has 1 fully saturated rings. The molecule has 1 aliphatic rings. The zero-order chi connectivity index (χ0) is 10.6. The molecular weight excluding hydrogens is 176 g/mol. The van der Waals surface area contributed by atoms with Gasteiger partial charge in [-0.05, 0) is 46.4 Å². The number of hydrogen-bond donors (Lipinski definition) is 1. The molecular formula is C11H24N2O. The van der Waals surface area contributed by atoms with E-state index in [9.17, 15) is 5.11 Å². The quantitative estimate of drug-likeness (QED) is 0.726. The van der Waals surface area contributed by atoms with Crippen LogP contribution in [0.15, 0.2) is 0 Å². The smallest absolute Gasteiger partial charge is 0.0664 e. The summed E-state index contributed by atoms with van der Waals surface area (Å²) in [5.41, 5.74) is 0. The van der Waals surface area contributed by atoms with Gasteiger partial charge in [-0.25, -0.2) is 0 Å². The maximum atomic E-state index is 9.56. The second-order valence-electron chi connectivity index (χ2n) is 4.54. The van der Waals surface area contributed by atoms with Crippen LogP contribution < -0.4 is 0 Å². The minimum atomic E-state index is -0.153. The third-order valence-corrected chi connectivity index (χ3v) is 3.28.